The molecule has 1 aliphatic heterocycles. The molecule has 3 amide bonds. The quantitative estimate of drug-likeness (QED) is 0.379. The Labute approximate surface area is 219 Å². The molecule has 184 valence electrons. The first-order chi connectivity index (χ1) is 17.1. The molecule has 0 radical (unpaired) electrons. The number of aryl methyl sites for hydroxylation is 3. The van der Waals surface area contributed by atoms with Crippen molar-refractivity contribution in [2.45, 2.75) is 34.1 Å². The van der Waals surface area contributed by atoms with Crippen molar-refractivity contribution < 1.29 is 14.4 Å². The zero-order valence-corrected chi connectivity index (χ0v) is 21.8. The number of anilines is 3. The van der Waals surface area contributed by atoms with Gasteiger partial charge in [-0.1, -0.05) is 59.1 Å². The van der Waals surface area contributed by atoms with Crippen LogP contribution in [-0.4, -0.2) is 17.7 Å². The molecule has 1 aliphatic rings. The van der Waals surface area contributed by atoms with E-state index in [0.29, 0.717) is 22.0 Å². The van der Waals surface area contributed by atoms with Crippen molar-refractivity contribution in [1.82, 2.24) is 0 Å². The van der Waals surface area contributed by atoms with Crippen LogP contribution >= 0.6 is 23.2 Å². The van der Waals surface area contributed by atoms with E-state index in [1.54, 1.807) is 49.4 Å². The minimum Gasteiger partial charge on any atom is -0.350 e. The maximum atomic E-state index is 13.1. The molecule has 0 unspecified atom stereocenters. The fourth-order valence-corrected chi connectivity index (χ4v) is 4.65. The molecule has 2 N–H and O–H groups in total. The summed E-state index contributed by atoms with van der Waals surface area (Å²) in [4.78, 5) is 39.5. The summed E-state index contributed by atoms with van der Waals surface area (Å²) < 4.78 is 0. The molecule has 6 nitrogen and oxygen atoms in total. The first-order valence-corrected chi connectivity index (χ1v) is 12.1. The van der Waals surface area contributed by atoms with Crippen LogP contribution in [0.1, 0.15) is 27.8 Å². The molecule has 36 heavy (non-hydrogen) atoms. The fraction of sp³-hybridized carbons (Fsp3) is 0.179. The first-order valence-electron chi connectivity index (χ1n) is 11.3. The minimum atomic E-state index is -0.621. The number of amides is 3. The van der Waals surface area contributed by atoms with Gasteiger partial charge in [0.15, 0.2) is 0 Å². The number of rotatable bonds is 6. The highest BCUT2D eigenvalue weighted by atomic mass is 35.5. The van der Waals surface area contributed by atoms with Gasteiger partial charge in [-0.25, -0.2) is 4.90 Å². The Bertz CT molecular complexity index is 1410. The average molecular weight is 522 g/mol. The second kappa shape index (κ2) is 10.2. The number of halogens is 2. The maximum Gasteiger partial charge on any atom is 0.283 e. The standard InChI is InChI=1S/C28H25Cl2N3O3/c1-15-12-16(2)25(17(3)13-15)32-23(34)14-19-8-10-20(11-9-19)31-26-24(30)27(35)33(28(26)36)22-7-5-6-21(29)18(22)4/h5-13,31H,14H2,1-4H3,(H,32,34). The van der Waals surface area contributed by atoms with Crippen LogP contribution in [0.5, 0.6) is 0 Å². The zero-order chi connectivity index (χ0) is 26.1. The van der Waals surface area contributed by atoms with E-state index in [0.717, 1.165) is 32.8 Å². The van der Waals surface area contributed by atoms with Gasteiger partial charge in [0.2, 0.25) is 5.91 Å². The van der Waals surface area contributed by atoms with Gasteiger partial charge in [-0.15, -0.1) is 0 Å². The topological polar surface area (TPSA) is 78.5 Å². The second-order valence-corrected chi connectivity index (χ2v) is 9.62. The SMILES string of the molecule is Cc1cc(C)c(NC(=O)Cc2ccc(NC3=C(Cl)C(=O)N(c4cccc(Cl)c4C)C3=O)cc2)c(C)c1. The lowest BCUT2D eigenvalue weighted by molar-refractivity contribution is -0.120. The van der Waals surface area contributed by atoms with Crippen LogP contribution in [-0.2, 0) is 20.8 Å². The van der Waals surface area contributed by atoms with E-state index in [1.807, 2.05) is 32.9 Å². The van der Waals surface area contributed by atoms with E-state index in [4.69, 9.17) is 23.2 Å². The third kappa shape index (κ3) is 5.01. The molecule has 0 aliphatic carbocycles. The molecule has 1 heterocycles. The molecule has 0 bridgehead atoms. The van der Waals surface area contributed by atoms with Crippen LogP contribution in [0.25, 0.3) is 0 Å². The largest absolute Gasteiger partial charge is 0.350 e. The molecular weight excluding hydrogens is 497 g/mol. The summed E-state index contributed by atoms with van der Waals surface area (Å²) in [5, 5.41) is 6.18. The number of imide groups is 1. The van der Waals surface area contributed by atoms with Crippen molar-refractivity contribution in [2.75, 3.05) is 15.5 Å². The summed E-state index contributed by atoms with van der Waals surface area (Å²) in [6.07, 6.45) is 0.190. The molecule has 3 aromatic rings. The molecule has 8 heteroatoms. The van der Waals surface area contributed by atoms with Gasteiger partial charge in [0, 0.05) is 16.4 Å². The summed E-state index contributed by atoms with van der Waals surface area (Å²) in [6, 6.07) is 16.1. The van der Waals surface area contributed by atoms with Crippen LogP contribution < -0.4 is 15.5 Å². The highest BCUT2D eigenvalue weighted by Crippen LogP contribution is 2.34. The Hall–Kier alpha value is -3.61. The smallest absolute Gasteiger partial charge is 0.283 e. The number of carbonyl (C=O) groups excluding carboxylic acids is 3. The molecule has 3 aromatic carbocycles. The summed E-state index contributed by atoms with van der Waals surface area (Å²) in [7, 11) is 0. The van der Waals surface area contributed by atoms with Crippen molar-refractivity contribution in [1.29, 1.82) is 0 Å². The summed E-state index contributed by atoms with van der Waals surface area (Å²) in [5.74, 6) is -1.31. The molecule has 0 aromatic heterocycles. The van der Waals surface area contributed by atoms with Gasteiger partial charge in [-0.3, -0.25) is 14.4 Å². The van der Waals surface area contributed by atoms with Crippen LogP contribution in [0.15, 0.2) is 65.3 Å². The normalized spacial score (nSPS) is 13.4. The number of nitrogens with zero attached hydrogens (tertiary/aromatic N) is 1. The lowest BCUT2D eigenvalue weighted by Gasteiger charge is -2.18. The first kappa shape index (κ1) is 25.5. The Kier molecular flexibility index (Phi) is 7.20. The monoisotopic (exact) mass is 521 g/mol. The number of nitrogens with one attached hydrogen (secondary N) is 2. The predicted octanol–water partition coefficient (Wildman–Crippen LogP) is 6.19. The van der Waals surface area contributed by atoms with Crippen molar-refractivity contribution in [2.24, 2.45) is 0 Å². The minimum absolute atomic E-state index is 0.0168. The van der Waals surface area contributed by atoms with Gasteiger partial charge in [0.25, 0.3) is 11.8 Å². The molecule has 0 atom stereocenters. The second-order valence-electron chi connectivity index (χ2n) is 8.84. The van der Waals surface area contributed by atoms with Gasteiger partial charge in [0.05, 0.1) is 12.1 Å². The Morgan fingerprint density at radius 3 is 2.17 bits per heavy atom. The predicted molar refractivity (Wildman–Crippen MR) is 145 cm³/mol. The van der Waals surface area contributed by atoms with Gasteiger partial charge < -0.3 is 10.6 Å². The van der Waals surface area contributed by atoms with Gasteiger partial charge in [0.1, 0.15) is 10.7 Å². The van der Waals surface area contributed by atoms with E-state index in [9.17, 15) is 14.4 Å². The van der Waals surface area contributed by atoms with E-state index >= 15 is 0 Å². The van der Waals surface area contributed by atoms with Gasteiger partial charge in [-0.05, 0) is 74.2 Å². The molecule has 0 saturated carbocycles. The lowest BCUT2D eigenvalue weighted by Crippen LogP contribution is -2.32. The highest BCUT2D eigenvalue weighted by Gasteiger charge is 2.39. The average Bonchev–Trinajstić information content (AvgIpc) is 3.02. The van der Waals surface area contributed by atoms with E-state index in [2.05, 4.69) is 10.6 Å². The fourth-order valence-electron chi connectivity index (χ4n) is 4.26. The third-order valence-corrected chi connectivity index (χ3v) is 6.80. The van der Waals surface area contributed by atoms with Crippen LogP contribution in [0.3, 0.4) is 0 Å². The van der Waals surface area contributed by atoms with Gasteiger partial charge in [-0.2, -0.15) is 0 Å². The van der Waals surface area contributed by atoms with Crippen molar-refractivity contribution >= 4 is 58.0 Å². The molecule has 0 spiro atoms. The summed E-state index contributed by atoms with van der Waals surface area (Å²) in [5.41, 5.74) is 6.33. The Morgan fingerprint density at radius 2 is 1.53 bits per heavy atom. The maximum absolute atomic E-state index is 13.1. The molecule has 4 rings (SSSR count). The van der Waals surface area contributed by atoms with Crippen molar-refractivity contribution in [3.05, 3.63) is 98.2 Å². The Balaban J connectivity index is 1.45. The number of hydrogen-bond donors (Lipinski definition) is 2. The summed E-state index contributed by atoms with van der Waals surface area (Å²) in [6.45, 7) is 7.70. The molecule has 0 fully saturated rings. The van der Waals surface area contributed by atoms with Crippen LogP contribution in [0.2, 0.25) is 5.02 Å². The van der Waals surface area contributed by atoms with Crippen molar-refractivity contribution in [3.8, 4) is 0 Å². The lowest BCUT2D eigenvalue weighted by atomic mass is 10.0. The van der Waals surface area contributed by atoms with Crippen LogP contribution in [0.4, 0.5) is 17.1 Å². The highest BCUT2D eigenvalue weighted by molar-refractivity contribution is 6.53. The van der Waals surface area contributed by atoms with E-state index < -0.39 is 11.8 Å². The number of hydrogen-bond acceptors (Lipinski definition) is 4. The zero-order valence-electron chi connectivity index (χ0n) is 20.3. The number of carbonyl (C=O) groups is 3. The summed E-state index contributed by atoms with van der Waals surface area (Å²) >= 11 is 12.4. The molecular formula is C28H25Cl2N3O3. The Morgan fingerprint density at radius 1 is 0.889 bits per heavy atom. The number of benzene rings is 3. The van der Waals surface area contributed by atoms with Gasteiger partial charge >= 0.3 is 0 Å². The molecule has 0 saturated heterocycles. The third-order valence-electron chi connectivity index (χ3n) is 6.04. The van der Waals surface area contributed by atoms with Crippen LogP contribution in [0, 0.1) is 27.7 Å². The van der Waals surface area contributed by atoms with Crippen molar-refractivity contribution in [3.63, 3.8) is 0 Å². The van der Waals surface area contributed by atoms with E-state index in [1.165, 1.54) is 0 Å². The van der Waals surface area contributed by atoms with E-state index in [-0.39, 0.29) is 23.1 Å².